The van der Waals surface area contributed by atoms with E-state index in [9.17, 15) is 9.59 Å². The molecule has 0 radical (unpaired) electrons. The lowest BCUT2D eigenvalue weighted by molar-refractivity contribution is 0.0600. The second kappa shape index (κ2) is 5.30. The minimum Gasteiger partial charge on any atom is -0.465 e. The highest BCUT2D eigenvalue weighted by Crippen LogP contribution is 2.17. The number of hydrogen-bond acceptors (Lipinski definition) is 5. The van der Waals surface area contributed by atoms with Gasteiger partial charge in [-0.3, -0.25) is 4.79 Å². The van der Waals surface area contributed by atoms with Gasteiger partial charge in [-0.05, 0) is 30.7 Å². The van der Waals surface area contributed by atoms with Crippen LogP contribution in [0.25, 0.3) is 0 Å². The average Bonchev–Trinajstić information content (AvgIpc) is 2.94. The van der Waals surface area contributed by atoms with Crippen LogP contribution in [-0.2, 0) is 4.74 Å². The first-order chi connectivity index (χ1) is 9.11. The SMILES string of the molecule is COC(=O)c1ccc(NC(=O)c2cn[nH]n2)c(C)c1. The molecular formula is C12H12N4O3. The van der Waals surface area contributed by atoms with Gasteiger partial charge in [-0.25, -0.2) is 4.79 Å². The third-order valence-corrected chi connectivity index (χ3v) is 2.54. The number of benzene rings is 1. The predicted octanol–water partition coefficient (Wildman–Crippen LogP) is 1.15. The van der Waals surface area contributed by atoms with Gasteiger partial charge in [-0.15, -0.1) is 0 Å². The lowest BCUT2D eigenvalue weighted by Crippen LogP contribution is -2.13. The maximum atomic E-state index is 11.8. The molecule has 0 aliphatic rings. The Labute approximate surface area is 109 Å². The Morgan fingerprint density at radius 1 is 1.37 bits per heavy atom. The van der Waals surface area contributed by atoms with Gasteiger partial charge in [0.15, 0.2) is 5.69 Å². The second-order valence-electron chi connectivity index (χ2n) is 3.83. The molecule has 0 spiro atoms. The van der Waals surface area contributed by atoms with Crippen molar-refractivity contribution in [3.05, 3.63) is 41.2 Å². The molecule has 1 heterocycles. The maximum absolute atomic E-state index is 11.8. The normalized spacial score (nSPS) is 10.0. The number of amides is 1. The Kier molecular flexibility index (Phi) is 3.56. The number of rotatable bonds is 3. The molecule has 2 aromatic rings. The Hall–Kier alpha value is -2.70. The molecule has 0 aliphatic heterocycles. The molecule has 1 aromatic heterocycles. The van der Waals surface area contributed by atoms with Gasteiger partial charge in [0, 0.05) is 5.69 Å². The van der Waals surface area contributed by atoms with Crippen LogP contribution in [0.4, 0.5) is 5.69 Å². The van der Waals surface area contributed by atoms with Crippen molar-refractivity contribution >= 4 is 17.6 Å². The number of esters is 1. The quantitative estimate of drug-likeness (QED) is 0.807. The van der Waals surface area contributed by atoms with Crippen LogP contribution in [0, 0.1) is 6.92 Å². The number of carbonyl (C=O) groups excluding carboxylic acids is 2. The number of hydrogen-bond donors (Lipinski definition) is 2. The molecule has 2 N–H and O–H groups in total. The highest BCUT2D eigenvalue weighted by atomic mass is 16.5. The summed E-state index contributed by atoms with van der Waals surface area (Å²) in [7, 11) is 1.32. The van der Waals surface area contributed by atoms with Crippen molar-refractivity contribution in [1.29, 1.82) is 0 Å². The molecule has 1 aromatic carbocycles. The Bertz CT molecular complexity index is 607. The van der Waals surface area contributed by atoms with E-state index >= 15 is 0 Å². The van der Waals surface area contributed by atoms with Crippen LogP contribution in [0.1, 0.15) is 26.4 Å². The number of aromatic nitrogens is 3. The predicted molar refractivity (Wildman–Crippen MR) is 66.9 cm³/mol. The first-order valence-corrected chi connectivity index (χ1v) is 5.48. The summed E-state index contributed by atoms with van der Waals surface area (Å²) < 4.78 is 4.62. The van der Waals surface area contributed by atoms with Crippen molar-refractivity contribution in [3.8, 4) is 0 Å². The molecule has 7 nitrogen and oxygen atoms in total. The number of H-pyrrole nitrogens is 1. The fraction of sp³-hybridized carbons (Fsp3) is 0.167. The monoisotopic (exact) mass is 260 g/mol. The number of aromatic amines is 1. The topological polar surface area (TPSA) is 97.0 Å². The second-order valence-corrected chi connectivity index (χ2v) is 3.83. The standard InChI is InChI=1S/C12H12N4O3/c1-7-5-8(12(18)19-2)3-4-9(7)14-11(17)10-6-13-16-15-10/h3-6H,1-2H3,(H,14,17)(H,13,15,16). The molecule has 0 saturated carbocycles. The Morgan fingerprint density at radius 2 is 2.16 bits per heavy atom. The van der Waals surface area contributed by atoms with Crippen molar-refractivity contribution in [2.24, 2.45) is 0 Å². The third-order valence-electron chi connectivity index (χ3n) is 2.54. The number of aryl methyl sites for hydroxylation is 1. The fourth-order valence-corrected chi connectivity index (χ4v) is 1.55. The van der Waals surface area contributed by atoms with Gasteiger partial charge in [0.25, 0.3) is 5.91 Å². The minimum absolute atomic E-state index is 0.191. The van der Waals surface area contributed by atoms with Gasteiger partial charge < -0.3 is 10.1 Å². The first kappa shape index (κ1) is 12.7. The van der Waals surface area contributed by atoms with E-state index in [1.807, 2.05) is 0 Å². The Balaban J connectivity index is 2.18. The van der Waals surface area contributed by atoms with Crippen LogP contribution >= 0.6 is 0 Å². The zero-order valence-electron chi connectivity index (χ0n) is 10.4. The smallest absolute Gasteiger partial charge is 0.337 e. The van der Waals surface area contributed by atoms with Crippen LogP contribution in [0.2, 0.25) is 0 Å². The van der Waals surface area contributed by atoms with E-state index in [0.717, 1.165) is 5.56 Å². The number of carbonyl (C=O) groups is 2. The number of nitrogens with zero attached hydrogens (tertiary/aromatic N) is 2. The van der Waals surface area contributed by atoms with Crippen molar-refractivity contribution in [3.63, 3.8) is 0 Å². The maximum Gasteiger partial charge on any atom is 0.337 e. The van der Waals surface area contributed by atoms with Crippen molar-refractivity contribution in [2.45, 2.75) is 6.92 Å². The summed E-state index contributed by atoms with van der Waals surface area (Å²) in [6.07, 6.45) is 1.33. The molecule has 7 heteroatoms. The van der Waals surface area contributed by atoms with Gasteiger partial charge in [0.1, 0.15) is 0 Å². The molecule has 0 unspecified atom stereocenters. The fourth-order valence-electron chi connectivity index (χ4n) is 1.55. The summed E-state index contributed by atoms with van der Waals surface area (Å²) in [6.45, 7) is 1.78. The van der Waals surface area contributed by atoms with Crippen molar-refractivity contribution < 1.29 is 14.3 Å². The summed E-state index contributed by atoms with van der Waals surface area (Å²) >= 11 is 0. The highest BCUT2D eigenvalue weighted by Gasteiger charge is 2.12. The van der Waals surface area contributed by atoms with E-state index in [4.69, 9.17) is 0 Å². The molecule has 0 bridgehead atoms. The van der Waals surface area contributed by atoms with E-state index in [1.165, 1.54) is 13.3 Å². The van der Waals surface area contributed by atoms with Gasteiger partial charge >= 0.3 is 5.97 Å². The molecule has 0 saturated heterocycles. The summed E-state index contributed by atoms with van der Waals surface area (Å²) in [5.41, 5.74) is 1.97. The van der Waals surface area contributed by atoms with E-state index < -0.39 is 5.97 Å². The number of anilines is 1. The molecule has 19 heavy (non-hydrogen) atoms. The van der Waals surface area contributed by atoms with Crippen LogP contribution in [-0.4, -0.2) is 34.4 Å². The minimum atomic E-state index is -0.419. The molecule has 0 atom stereocenters. The molecule has 0 fully saturated rings. The van der Waals surface area contributed by atoms with Crippen LogP contribution in [0.3, 0.4) is 0 Å². The van der Waals surface area contributed by atoms with Gasteiger partial charge in [-0.1, -0.05) is 0 Å². The van der Waals surface area contributed by atoms with Gasteiger partial charge in [0.05, 0.1) is 18.9 Å². The van der Waals surface area contributed by atoms with Crippen molar-refractivity contribution in [1.82, 2.24) is 15.4 Å². The zero-order valence-corrected chi connectivity index (χ0v) is 10.4. The van der Waals surface area contributed by atoms with E-state index in [1.54, 1.807) is 25.1 Å². The highest BCUT2D eigenvalue weighted by molar-refractivity contribution is 6.03. The lowest BCUT2D eigenvalue weighted by atomic mass is 10.1. The summed E-state index contributed by atoms with van der Waals surface area (Å²) in [5.74, 6) is -0.792. The summed E-state index contributed by atoms with van der Waals surface area (Å²) in [4.78, 5) is 23.1. The van der Waals surface area contributed by atoms with Crippen molar-refractivity contribution in [2.75, 3.05) is 12.4 Å². The molecule has 98 valence electrons. The number of nitrogens with one attached hydrogen (secondary N) is 2. The molecular weight excluding hydrogens is 248 g/mol. The zero-order chi connectivity index (χ0) is 13.8. The van der Waals surface area contributed by atoms with E-state index in [0.29, 0.717) is 11.3 Å². The molecule has 2 rings (SSSR count). The van der Waals surface area contributed by atoms with E-state index in [2.05, 4.69) is 25.5 Å². The number of methoxy groups -OCH3 is 1. The first-order valence-electron chi connectivity index (χ1n) is 5.48. The Morgan fingerprint density at radius 3 is 2.74 bits per heavy atom. The largest absolute Gasteiger partial charge is 0.465 e. The molecule has 0 aliphatic carbocycles. The molecule has 1 amide bonds. The number of ether oxygens (including phenoxy) is 1. The van der Waals surface area contributed by atoms with Gasteiger partial charge in [-0.2, -0.15) is 15.4 Å². The summed E-state index contributed by atoms with van der Waals surface area (Å²) in [6, 6.07) is 4.86. The third kappa shape index (κ3) is 2.76. The van der Waals surface area contributed by atoms with Crippen LogP contribution < -0.4 is 5.32 Å². The van der Waals surface area contributed by atoms with Gasteiger partial charge in [0.2, 0.25) is 0 Å². The van der Waals surface area contributed by atoms with Crippen LogP contribution in [0.15, 0.2) is 24.4 Å². The van der Waals surface area contributed by atoms with E-state index in [-0.39, 0.29) is 11.6 Å². The lowest BCUT2D eigenvalue weighted by Gasteiger charge is -2.08. The summed E-state index contributed by atoms with van der Waals surface area (Å²) in [5, 5.41) is 12.3. The average molecular weight is 260 g/mol. The van der Waals surface area contributed by atoms with Crippen LogP contribution in [0.5, 0.6) is 0 Å².